The first-order chi connectivity index (χ1) is 8.14. The number of ether oxygens (including phenoxy) is 1. The maximum absolute atomic E-state index is 5.43. The van der Waals surface area contributed by atoms with Crippen molar-refractivity contribution in [2.45, 2.75) is 46.1 Å². The minimum atomic E-state index is 0.294. The summed E-state index contributed by atoms with van der Waals surface area (Å²) in [6.07, 6.45) is 4.29. The molecule has 0 aliphatic carbocycles. The molecule has 0 atom stereocenters. The Balaban J connectivity index is 2.16. The Hall–Kier alpha value is -0.680. The van der Waals surface area contributed by atoms with Gasteiger partial charge in [0, 0.05) is 26.2 Å². The van der Waals surface area contributed by atoms with E-state index >= 15 is 0 Å². The maximum atomic E-state index is 5.43. The standard InChI is InChI=1S/C12H21N3OS/c1-3-4-10-13-14-11(17)15(10)9-12(2)5-7-16-8-6-12/h3-9H2,1-2H3,(H,14,17). The molecule has 0 unspecified atom stereocenters. The molecule has 96 valence electrons. The molecule has 1 aliphatic heterocycles. The third-order valence-electron chi connectivity index (χ3n) is 3.55. The van der Waals surface area contributed by atoms with E-state index in [-0.39, 0.29) is 0 Å². The van der Waals surface area contributed by atoms with Crippen LogP contribution in [0.5, 0.6) is 0 Å². The fourth-order valence-electron chi connectivity index (χ4n) is 2.33. The molecule has 0 saturated carbocycles. The van der Waals surface area contributed by atoms with Gasteiger partial charge in [-0.2, -0.15) is 5.10 Å². The fraction of sp³-hybridized carbons (Fsp3) is 0.833. The number of nitrogens with zero attached hydrogens (tertiary/aromatic N) is 2. The molecular formula is C12H21N3OS. The fourth-order valence-corrected chi connectivity index (χ4v) is 2.55. The van der Waals surface area contributed by atoms with Crippen molar-refractivity contribution in [3.63, 3.8) is 0 Å². The van der Waals surface area contributed by atoms with Crippen molar-refractivity contribution in [1.29, 1.82) is 0 Å². The average molecular weight is 255 g/mol. The van der Waals surface area contributed by atoms with Gasteiger partial charge < -0.3 is 9.30 Å². The van der Waals surface area contributed by atoms with E-state index < -0.39 is 0 Å². The highest BCUT2D eigenvalue weighted by Gasteiger charge is 2.28. The molecule has 0 aromatic carbocycles. The molecule has 2 heterocycles. The lowest BCUT2D eigenvalue weighted by Gasteiger charge is -2.34. The van der Waals surface area contributed by atoms with E-state index in [1.807, 2.05) is 0 Å². The van der Waals surface area contributed by atoms with Gasteiger partial charge in [0.15, 0.2) is 4.77 Å². The van der Waals surface area contributed by atoms with Crippen LogP contribution >= 0.6 is 12.2 Å². The number of aromatic nitrogens is 3. The van der Waals surface area contributed by atoms with Gasteiger partial charge >= 0.3 is 0 Å². The zero-order chi connectivity index (χ0) is 12.3. The predicted octanol–water partition coefficient (Wildman–Crippen LogP) is 2.71. The van der Waals surface area contributed by atoms with Crippen LogP contribution in [-0.2, 0) is 17.7 Å². The Labute approximate surface area is 107 Å². The van der Waals surface area contributed by atoms with Gasteiger partial charge in [0.2, 0.25) is 0 Å². The monoisotopic (exact) mass is 255 g/mol. The summed E-state index contributed by atoms with van der Waals surface area (Å²) in [5.74, 6) is 1.09. The largest absolute Gasteiger partial charge is 0.381 e. The Bertz CT molecular complexity index is 418. The molecule has 1 aliphatic rings. The third-order valence-corrected chi connectivity index (χ3v) is 3.86. The van der Waals surface area contributed by atoms with Crippen LogP contribution in [0.4, 0.5) is 0 Å². The molecule has 4 nitrogen and oxygen atoms in total. The molecule has 5 heteroatoms. The average Bonchev–Trinajstić information content (AvgIpc) is 2.63. The van der Waals surface area contributed by atoms with E-state index in [1.165, 1.54) is 0 Å². The number of nitrogens with one attached hydrogen (secondary N) is 1. The lowest BCUT2D eigenvalue weighted by Crippen LogP contribution is -2.31. The van der Waals surface area contributed by atoms with Crippen LogP contribution in [0, 0.1) is 10.2 Å². The number of rotatable bonds is 4. The van der Waals surface area contributed by atoms with E-state index in [4.69, 9.17) is 17.0 Å². The second-order valence-corrected chi connectivity index (χ2v) is 5.59. The van der Waals surface area contributed by atoms with Gasteiger partial charge in [0.05, 0.1) is 0 Å². The van der Waals surface area contributed by atoms with Crippen molar-refractivity contribution < 1.29 is 4.74 Å². The summed E-state index contributed by atoms with van der Waals surface area (Å²) in [6.45, 7) is 7.18. The topological polar surface area (TPSA) is 42.8 Å². The van der Waals surface area contributed by atoms with Crippen LogP contribution in [-0.4, -0.2) is 28.0 Å². The molecule has 1 N–H and O–H groups in total. The van der Waals surface area contributed by atoms with Gasteiger partial charge in [-0.05, 0) is 36.9 Å². The molecule has 1 saturated heterocycles. The van der Waals surface area contributed by atoms with Gasteiger partial charge in [0.1, 0.15) is 5.82 Å². The summed E-state index contributed by atoms with van der Waals surface area (Å²) in [4.78, 5) is 0. The number of H-pyrrole nitrogens is 1. The van der Waals surface area contributed by atoms with Crippen molar-refractivity contribution in [2.75, 3.05) is 13.2 Å². The quantitative estimate of drug-likeness (QED) is 0.841. The number of hydrogen-bond donors (Lipinski definition) is 1. The molecule has 1 fully saturated rings. The van der Waals surface area contributed by atoms with Crippen LogP contribution in [0.2, 0.25) is 0 Å². The van der Waals surface area contributed by atoms with E-state index in [0.29, 0.717) is 5.41 Å². The minimum Gasteiger partial charge on any atom is -0.381 e. The Morgan fingerprint density at radius 3 is 2.82 bits per heavy atom. The predicted molar refractivity (Wildman–Crippen MR) is 69.6 cm³/mol. The van der Waals surface area contributed by atoms with Gasteiger partial charge in [-0.1, -0.05) is 13.8 Å². The van der Waals surface area contributed by atoms with Crippen molar-refractivity contribution in [2.24, 2.45) is 5.41 Å². The summed E-state index contributed by atoms with van der Waals surface area (Å²) >= 11 is 5.32. The second kappa shape index (κ2) is 5.31. The van der Waals surface area contributed by atoms with Crippen molar-refractivity contribution in [3.05, 3.63) is 10.6 Å². The summed E-state index contributed by atoms with van der Waals surface area (Å²) in [6, 6.07) is 0. The lowest BCUT2D eigenvalue weighted by atomic mass is 9.82. The highest BCUT2D eigenvalue weighted by Crippen LogP contribution is 2.32. The summed E-state index contributed by atoms with van der Waals surface area (Å²) < 4.78 is 8.36. The molecule has 17 heavy (non-hydrogen) atoms. The number of hydrogen-bond acceptors (Lipinski definition) is 3. The minimum absolute atomic E-state index is 0.294. The molecule has 1 aromatic rings. The van der Waals surface area contributed by atoms with E-state index in [0.717, 1.165) is 56.0 Å². The highest BCUT2D eigenvalue weighted by atomic mass is 32.1. The van der Waals surface area contributed by atoms with Crippen LogP contribution in [0.15, 0.2) is 0 Å². The SMILES string of the molecule is CCCc1n[nH]c(=S)n1CC1(C)CCOCC1. The van der Waals surface area contributed by atoms with E-state index in [9.17, 15) is 0 Å². The molecule has 2 rings (SSSR count). The summed E-state index contributed by atoms with van der Waals surface area (Å²) in [7, 11) is 0. The molecule has 0 radical (unpaired) electrons. The first-order valence-corrected chi connectivity index (χ1v) is 6.77. The summed E-state index contributed by atoms with van der Waals surface area (Å²) in [5, 5.41) is 7.23. The third kappa shape index (κ3) is 2.96. The normalized spacial score (nSPS) is 19.4. The molecule has 0 bridgehead atoms. The number of aromatic amines is 1. The van der Waals surface area contributed by atoms with Crippen molar-refractivity contribution in [1.82, 2.24) is 14.8 Å². The van der Waals surface area contributed by atoms with Crippen LogP contribution in [0.3, 0.4) is 0 Å². The molecule has 0 amide bonds. The first kappa shape index (κ1) is 12.8. The highest BCUT2D eigenvalue weighted by molar-refractivity contribution is 7.71. The van der Waals surface area contributed by atoms with Gasteiger partial charge in [-0.3, -0.25) is 5.10 Å². The summed E-state index contributed by atoms with van der Waals surface area (Å²) in [5.41, 5.74) is 0.294. The van der Waals surface area contributed by atoms with E-state index in [2.05, 4.69) is 28.6 Å². The van der Waals surface area contributed by atoms with Gasteiger partial charge in [-0.25, -0.2) is 0 Å². The molecule has 0 spiro atoms. The van der Waals surface area contributed by atoms with Crippen LogP contribution < -0.4 is 0 Å². The molecular weight excluding hydrogens is 234 g/mol. The zero-order valence-corrected chi connectivity index (χ0v) is 11.5. The van der Waals surface area contributed by atoms with Crippen LogP contribution in [0.1, 0.15) is 38.9 Å². The first-order valence-electron chi connectivity index (χ1n) is 6.36. The van der Waals surface area contributed by atoms with Crippen LogP contribution in [0.25, 0.3) is 0 Å². The molecule has 1 aromatic heterocycles. The Morgan fingerprint density at radius 2 is 2.18 bits per heavy atom. The smallest absolute Gasteiger partial charge is 0.195 e. The van der Waals surface area contributed by atoms with Crippen molar-refractivity contribution >= 4 is 12.2 Å². The second-order valence-electron chi connectivity index (χ2n) is 5.20. The Morgan fingerprint density at radius 1 is 1.47 bits per heavy atom. The number of aryl methyl sites for hydroxylation is 1. The van der Waals surface area contributed by atoms with Gasteiger partial charge in [-0.15, -0.1) is 0 Å². The maximum Gasteiger partial charge on any atom is 0.195 e. The lowest BCUT2D eigenvalue weighted by molar-refractivity contribution is 0.0149. The van der Waals surface area contributed by atoms with Gasteiger partial charge in [0.25, 0.3) is 0 Å². The zero-order valence-electron chi connectivity index (χ0n) is 10.7. The Kier molecular flexibility index (Phi) is 3.99. The van der Waals surface area contributed by atoms with Crippen molar-refractivity contribution in [3.8, 4) is 0 Å². The van der Waals surface area contributed by atoms with E-state index in [1.54, 1.807) is 0 Å².